The molecule has 6 heteroatoms. The predicted octanol–water partition coefficient (Wildman–Crippen LogP) is 3.61. The number of aromatic nitrogens is 2. The molecule has 2 aromatic heterocycles. The number of fused-ring (bicyclic) bond motifs is 1. The molecule has 6 nitrogen and oxygen atoms in total. The largest absolute Gasteiger partial charge is 0.336 e. The van der Waals surface area contributed by atoms with Crippen LogP contribution in [0.4, 0.5) is 0 Å². The fourth-order valence-corrected chi connectivity index (χ4v) is 3.42. The van der Waals surface area contributed by atoms with Gasteiger partial charge < -0.3 is 14.3 Å². The van der Waals surface area contributed by atoms with Crippen LogP contribution in [0.1, 0.15) is 46.1 Å². The molecule has 0 aliphatic heterocycles. The van der Waals surface area contributed by atoms with Crippen molar-refractivity contribution in [2.24, 2.45) is 0 Å². The molecule has 0 saturated heterocycles. The molecule has 1 amide bonds. The van der Waals surface area contributed by atoms with Crippen LogP contribution in [-0.2, 0) is 6.54 Å². The molecule has 0 spiro atoms. The van der Waals surface area contributed by atoms with E-state index in [1.807, 2.05) is 50.2 Å². The van der Waals surface area contributed by atoms with Crippen molar-refractivity contribution in [3.05, 3.63) is 58.9 Å². The van der Waals surface area contributed by atoms with Crippen LogP contribution in [0.25, 0.3) is 11.1 Å². The summed E-state index contributed by atoms with van der Waals surface area (Å²) >= 11 is 0. The summed E-state index contributed by atoms with van der Waals surface area (Å²) in [5.74, 6) is 0.442. The van der Waals surface area contributed by atoms with E-state index in [0.29, 0.717) is 36.0 Å². The van der Waals surface area contributed by atoms with Gasteiger partial charge in [0.15, 0.2) is 0 Å². The highest BCUT2D eigenvalue weighted by molar-refractivity contribution is 6.06. The minimum absolute atomic E-state index is 0.00584. The van der Waals surface area contributed by atoms with Crippen LogP contribution in [0.2, 0.25) is 0 Å². The van der Waals surface area contributed by atoms with E-state index in [4.69, 9.17) is 4.52 Å². The first kappa shape index (κ1) is 18.6. The maximum Gasteiger partial charge on any atom is 0.259 e. The van der Waals surface area contributed by atoms with Gasteiger partial charge in [-0.25, -0.2) is 4.98 Å². The van der Waals surface area contributed by atoms with Gasteiger partial charge in [0.2, 0.25) is 0 Å². The van der Waals surface area contributed by atoms with Crippen LogP contribution in [0.5, 0.6) is 0 Å². The van der Waals surface area contributed by atoms with Gasteiger partial charge in [0.25, 0.3) is 11.6 Å². The molecule has 1 aliphatic carbocycles. The van der Waals surface area contributed by atoms with Gasteiger partial charge in [-0.05, 0) is 45.5 Å². The molecule has 3 aromatic rings. The Kier molecular flexibility index (Phi) is 5.13. The predicted molar refractivity (Wildman–Crippen MR) is 108 cm³/mol. The Bertz CT molecular complexity index is 977. The van der Waals surface area contributed by atoms with Crippen LogP contribution in [0.3, 0.4) is 0 Å². The van der Waals surface area contributed by atoms with Crippen molar-refractivity contribution in [2.45, 2.75) is 32.2 Å². The lowest BCUT2D eigenvalue weighted by atomic mass is 10.1. The zero-order valence-electron chi connectivity index (χ0n) is 16.7. The maximum atomic E-state index is 13.6. The fraction of sp³-hybridized carbons (Fsp3) is 0.409. The average Bonchev–Trinajstić information content (AvgIpc) is 3.48. The number of hydrogen-bond donors (Lipinski definition) is 0. The maximum absolute atomic E-state index is 13.6. The summed E-state index contributed by atoms with van der Waals surface area (Å²) in [4.78, 5) is 22.2. The molecule has 1 fully saturated rings. The second kappa shape index (κ2) is 7.72. The second-order valence-corrected chi connectivity index (χ2v) is 7.83. The molecule has 1 aliphatic rings. The molecule has 1 saturated carbocycles. The van der Waals surface area contributed by atoms with Crippen molar-refractivity contribution in [3.8, 4) is 0 Å². The Hall–Kier alpha value is -2.73. The average molecular weight is 378 g/mol. The molecule has 0 N–H and O–H groups in total. The first-order valence-electron chi connectivity index (χ1n) is 9.78. The third-order valence-corrected chi connectivity index (χ3v) is 5.18. The zero-order chi connectivity index (χ0) is 19.7. The van der Waals surface area contributed by atoms with Crippen molar-refractivity contribution < 1.29 is 9.32 Å². The SMILES string of the molecule is Cc1noc2nc(C3CC3)cc(C(=O)N(CCN(C)C)Cc3ccccc3)c12. The Morgan fingerprint density at radius 2 is 1.93 bits per heavy atom. The number of nitrogens with zero attached hydrogens (tertiary/aromatic N) is 4. The molecule has 1 aromatic carbocycles. The molecule has 4 rings (SSSR count). The standard InChI is InChI=1S/C22H26N4O2/c1-15-20-18(13-19(17-9-10-17)23-21(20)28-24-15)22(27)26(12-11-25(2)3)14-16-7-5-4-6-8-16/h4-8,13,17H,9-12,14H2,1-3H3. The molecular weight excluding hydrogens is 352 g/mol. The van der Waals surface area contributed by atoms with Gasteiger partial charge in [0.05, 0.1) is 16.6 Å². The van der Waals surface area contributed by atoms with Crippen molar-refractivity contribution >= 4 is 17.0 Å². The van der Waals surface area contributed by atoms with Crippen molar-refractivity contribution in [1.82, 2.24) is 19.9 Å². The van der Waals surface area contributed by atoms with Crippen molar-refractivity contribution in [1.29, 1.82) is 0 Å². The number of carbonyl (C=O) groups is 1. The summed E-state index contributed by atoms with van der Waals surface area (Å²) in [5.41, 5.74) is 3.89. The number of pyridine rings is 1. The first-order chi connectivity index (χ1) is 13.5. The summed E-state index contributed by atoms with van der Waals surface area (Å²) < 4.78 is 5.41. The minimum Gasteiger partial charge on any atom is -0.336 e. The Labute approximate surface area is 165 Å². The van der Waals surface area contributed by atoms with Gasteiger partial charge >= 0.3 is 0 Å². The number of benzene rings is 1. The number of aryl methyl sites for hydroxylation is 1. The van der Waals surface area contributed by atoms with Gasteiger partial charge in [0, 0.05) is 31.2 Å². The molecule has 0 bridgehead atoms. The quantitative estimate of drug-likeness (QED) is 0.628. The summed E-state index contributed by atoms with van der Waals surface area (Å²) in [7, 11) is 4.04. The van der Waals surface area contributed by atoms with Crippen LogP contribution < -0.4 is 0 Å². The van der Waals surface area contributed by atoms with Crippen molar-refractivity contribution in [2.75, 3.05) is 27.2 Å². The summed E-state index contributed by atoms with van der Waals surface area (Å²) in [6.45, 7) is 3.88. The molecule has 0 radical (unpaired) electrons. The van der Waals surface area contributed by atoms with E-state index in [1.165, 1.54) is 0 Å². The second-order valence-electron chi connectivity index (χ2n) is 7.83. The summed E-state index contributed by atoms with van der Waals surface area (Å²) in [5, 5.41) is 4.79. The Balaban J connectivity index is 1.71. The Morgan fingerprint density at radius 1 is 1.18 bits per heavy atom. The van der Waals surface area contributed by atoms with E-state index in [2.05, 4.69) is 27.2 Å². The van der Waals surface area contributed by atoms with E-state index < -0.39 is 0 Å². The molecule has 0 atom stereocenters. The third-order valence-electron chi connectivity index (χ3n) is 5.18. The third kappa shape index (κ3) is 3.92. The highest BCUT2D eigenvalue weighted by Crippen LogP contribution is 2.40. The van der Waals surface area contributed by atoms with E-state index in [-0.39, 0.29) is 5.91 Å². The van der Waals surface area contributed by atoms with Gasteiger partial charge in [-0.15, -0.1) is 0 Å². The van der Waals surface area contributed by atoms with E-state index in [1.54, 1.807) is 0 Å². The monoisotopic (exact) mass is 378 g/mol. The van der Waals surface area contributed by atoms with Gasteiger partial charge in [-0.1, -0.05) is 35.5 Å². The van der Waals surface area contributed by atoms with Crippen LogP contribution in [-0.4, -0.2) is 53.0 Å². The van der Waals surface area contributed by atoms with E-state index in [9.17, 15) is 4.79 Å². The molecular formula is C22H26N4O2. The number of hydrogen-bond acceptors (Lipinski definition) is 5. The molecule has 28 heavy (non-hydrogen) atoms. The smallest absolute Gasteiger partial charge is 0.259 e. The summed E-state index contributed by atoms with van der Waals surface area (Å²) in [6.07, 6.45) is 2.24. The number of carbonyl (C=O) groups excluding carboxylic acids is 1. The Morgan fingerprint density at radius 3 is 2.61 bits per heavy atom. The van der Waals surface area contributed by atoms with E-state index >= 15 is 0 Å². The van der Waals surface area contributed by atoms with Crippen molar-refractivity contribution in [3.63, 3.8) is 0 Å². The normalized spacial score (nSPS) is 14.0. The zero-order valence-corrected chi connectivity index (χ0v) is 16.7. The topological polar surface area (TPSA) is 62.5 Å². The lowest BCUT2D eigenvalue weighted by molar-refractivity contribution is 0.0733. The molecule has 0 unspecified atom stereocenters. The number of amides is 1. The van der Waals surface area contributed by atoms with Gasteiger partial charge in [-0.2, -0.15) is 0 Å². The van der Waals surface area contributed by atoms with E-state index in [0.717, 1.165) is 36.0 Å². The number of likely N-dealkylation sites (N-methyl/N-ethyl adjacent to an activating group) is 1. The van der Waals surface area contributed by atoms with Crippen LogP contribution in [0.15, 0.2) is 40.9 Å². The lowest BCUT2D eigenvalue weighted by Gasteiger charge is -2.25. The molecule has 2 heterocycles. The highest BCUT2D eigenvalue weighted by atomic mass is 16.5. The first-order valence-corrected chi connectivity index (χ1v) is 9.78. The minimum atomic E-state index is 0.00584. The fourth-order valence-electron chi connectivity index (χ4n) is 3.42. The number of rotatable bonds is 7. The van der Waals surface area contributed by atoms with Crippen LogP contribution >= 0.6 is 0 Å². The molecule has 146 valence electrons. The summed E-state index contributed by atoms with van der Waals surface area (Å²) in [6, 6.07) is 12.1. The lowest BCUT2D eigenvalue weighted by Crippen LogP contribution is -2.36. The van der Waals surface area contributed by atoms with Crippen LogP contribution in [0, 0.1) is 6.92 Å². The van der Waals surface area contributed by atoms with Gasteiger partial charge in [-0.3, -0.25) is 4.79 Å². The highest BCUT2D eigenvalue weighted by Gasteiger charge is 2.30. The van der Waals surface area contributed by atoms with Gasteiger partial charge in [0.1, 0.15) is 0 Å².